The van der Waals surface area contributed by atoms with Crippen molar-refractivity contribution in [2.45, 2.75) is 6.92 Å². The molecule has 32 heavy (non-hydrogen) atoms. The third-order valence-corrected chi connectivity index (χ3v) is 6.93. The number of carbonyl (C=O) groups is 1. The molecule has 0 saturated carbocycles. The van der Waals surface area contributed by atoms with Gasteiger partial charge in [0.2, 0.25) is 11.0 Å². The van der Waals surface area contributed by atoms with Crippen LogP contribution in [0.15, 0.2) is 75.8 Å². The van der Waals surface area contributed by atoms with Crippen molar-refractivity contribution in [2.24, 2.45) is 12.0 Å². The second-order valence-electron chi connectivity index (χ2n) is 7.20. The molecule has 0 unspecified atom stereocenters. The molecule has 7 nitrogen and oxygen atoms in total. The number of aliphatic imine (C=N–C) groups is 1. The third kappa shape index (κ3) is 3.49. The molecule has 9 heteroatoms. The van der Waals surface area contributed by atoms with Crippen molar-refractivity contribution in [2.75, 3.05) is 10.7 Å². The first-order chi connectivity index (χ1) is 15.5. The summed E-state index contributed by atoms with van der Waals surface area (Å²) in [5.41, 5.74) is 3.40. The number of hydrogen-bond donors (Lipinski definition) is 0. The maximum atomic E-state index is 13.3. The van der Waals surface area contributed by atoms with E-state index in [9.17, 15) is 9.59 Å². The molecule has 2 aromatic carbocycles. The Labute approximate surface area is 192 Å². The van der Waals surface area contributed by atoms with Gasteiger partial charge in [-0.1, -0.05) is 48.2 Å². The van der Waals surface area contributed by atoms with Crippen LogP contribution < -0.4 is 10.5 Å². The second-order valence-corrected chi connectivity index (χ2v) is 8.98. The summed E-state index contributed by atoms with van der Waals surface area (Å²) >= 11 is 2.74. The maximum Gasteiger partial charge on any atom is 0.281 e. The number of aromatic nitrogens is 3. The van der Waals surface area contributed by atoms with Crippen molar-refractivity contribution in [1.82, 2.24) is 14.3 Å². The molecule has 0 spiro atoms. The number of anilines is 1. The lowest BCUT2D eigenvalue weighted by Crippen LogP contribution is -2.28. The van der Waals surface area contributed by atoms with E-state index in [0.717, 1.165) is 17.1 Å². The highest BCUT2D eigenvalue weighted by Gasteiger charge is 2.30. The van der Waals surface area contributed by atoms with Crippen molar-refractivity contribution in [3.05, 3.63) is 82.1 Å². The molecule has 0 N–H and O–H groups in total. The first kappa shape index (κ1) is 20.5. The highest BCUT2D eigenvalue weighted by molar-refractivity contribution is 8.15. The van der Waals surface area contributed by atoms with Gasteiger partial charge in [-0.2, -0.15) is 4.99 Å². The smallest absolute Gasteiger partial charge is 0.281 e. The minimum atomic E-state index is -0.128. The fourth-order valence-electron chi connectivity index (χ4n) is 3.65. The molecule has 1 aliphatic heterocycles. The summed E-state index contributed by atoms with van der Waals surface area (Å²) in [4.78, 5) is 36.6. The molecular weight excluding hydrogens is 442 g/mol. The van der Waals surface area contributed by atoms with Crippen LogP contribution in [0.25, 0.3) is 16.9 Å². The van der Waals surface area contributed by atoms with Gasteiger partial charge in [0, 0.05) is 18.1 Å². The van der Waals surface area contributed by atoms with Gasteiger partial charge in [0.05, 0.1) is 28.4 Å². The Balaban J connectivity index is 1.53. The summed E-state index contributed by atoms with van der Waals surface area (Å²) in [6, 6.07) is 19.0. The maximum absolute atomic E-state index is 13.3. The number of amides is 1. The van der Waals surface area contributed by atoms with Crippen LogP contribution in [-0.4, -0.2) is 31.2 Å². The summed E-state index contributed by atoms with van der Waals surface area (Å²) in [6.45, 7) is 1.91. The number of carbonyl (C=O) groups excluding carboxylic acids is 1. The Morgan fingerprint density at radius 3 is 2.31 bits per heavy atom. The summed E-state index contributed by atoms with van der Waals surface area (Å²) in [6.07, 6.45) is 0. The number of amidine groups is 1. The lowest BCUT2D eigenvalue weighted by Gasteiger charge is -2.15. The van der Waals surface area contributed by atoms with Gasteiger partial charge in [-0.3, -0.25) is 19.2 Å². The number of thioether (sulfide) groups is 1. The topological polar surface area (TPSA) is 72.5 Å². The van der Waals surface area contributed by atoms with Crippen molar-refractivity contribution in [3.63, 3.8) is 0 Å². The van der Waals surface area contributed by atoms with Crippen molar-refractivity contribution in [3.8, 4) is 16.9 Å². The molecule has 3 heterocycles. The average Bonchev–Trinajstić information content (AvgIpc) is 3.47. The zero-order valence-corrected chi connectivity index (χ0v) is 19.1. The Hall–Kier alpha value is -3.43. The fraction of sp³-hybridized carbons (Fsp3) is 0.130. The van der Waals surface area contributed by atoms with Crippen LogP contribution in [-0.2, 0) is 11.8 Å². The van der Waals surface area contributed by atoms with E-state index in [1.165, 1.54) is 23.1 Å². The number of thiazole rings is 1. The van der Waals surface area contributed by atoms with Crippen molar-refractivity contribution >= 4 is 45.0 Å². The molecule has 1 amide bonds. The quantitative estimate of drug-likeness (QED) is 0.452. The van der Waals surface area contributed by atoms with E-state index in [4.69, 9.17) is 0 Å². The van der Waals surface area contributed by atoms with E-state index < -0.39 is 0 Å². The summed E-state index contributed by atoms with van der Waals surface area (Å²) in [7, 11) is 1.86. The Bertz CT molecular complexity index is 1390. The number of hydrogen-bond acceptors (Lipinski definition) is 6. The summed E-state index contributed by atoms with van der Waals surface area (Å²) in [5.74, 6) is 0.326. The third-order valence-electron chi connectivity index (χ3n) is 5.27. The molecule has 0 bridgehead atoms. The van der Waals surface area contributed by atoms with Crippen LogP contribution in [0.5, 0.6) is 0 Å². The zero-order valence-electron chi connectivity index (χ0n) is 17.4. The van der Waals surface area contributed by atoms with E-state index in [-0.39, 0.29) is 11.5 Å². The van der Waals surface area contributed by atoms with Crippen LogP contribution in [0.1, 0.15) is 5.69 Å². The van der Waals surface area contributed by atoms with Gasteiger partial charge < -0.3 is 0 Å². The predicted molar refractivity (Wildman–Crippen MR) is 130 cm³/mol. The van der Waals surface area contributed by atoms with E-state index in [0.29, 0.717) is 27.3 Å². The standard InChI is InChI=1S/C23H19N5O2S2/c1-15-20(21(30)28(26(15)2)17-11-7-4-8-12-17)18-13-31-22(24-18)25-23-27(19(29)14-32-23)16-9-5-3-6-10-16/h3-13H,14H2,1-2H3. The number of nitrogens with zero attached hydrogens (tertiary/aromatic N) is 5. The molecule has 2 aromatic heterocycles. The summed E-state index contributed by atoms with van der Waals surface area (Å²) in [5, 5.41) is 2.94. The van der Waals surface area contributed by atoms with Gasteiger partial charge in [0.1, 0.15) is 0 Å². The van der Waals surface area contributed by atoms with Gasteiger partial charge in [0.25, 0.3) is 5.56 Å². The van der Waals surface area contributed by atoms with Crippen LogP contribution >= 0.6 is 23.1 Å². The molecule has 0 radical (unpaired) electrons. The molecule has 4 aromatic rings. The monoisotopic (exact) mass is 461 g/mol. The molecular formula is C23H19N5O2S2. The van der Waals surface area contributed by atoms with Crippen molar-refractivity contribution < 1.29 is 4.79 Å². The Kier molecular flexibility index (Phi) is 5.28. The molecule has 0 aliphatic carbocycles. The zero-order chi connectivity index (χ0) is 22.2. The Morgan fingerprint density at radius 1 is 0.969 bits per heavy atom. The lowest BCUT2D eigenvalue weighted by atomic mass is 10.2. The minimum Gasteiger partial charge on any atom is -0.285 e. The van der Waals surface area contributed by atoms with Gasteiger partial charge in [-0.25, -0.2) is 9.67 Å². The molecule has 5 rings (SSSR count). The Morgan fingerprint density at radius 2 is 1.62 bits per heavy atom. The predicted octanol–water partition coefficient (Wildman–Crippen LogP) is 4.38. The van der Waals surface area contributed by atoms with E-state index >= 15 is 0 Å². The molecule has 1 aliphatic rings. The van der Waals surface area contributed by atoms with E-state index in [1.807, 2.05) is 84.7 Å². The molecule has 160 valence electrons. The highest BCUT2D eigenvalue weighted by Crippen LogP contribution is 2.32. The van der Waals surface area contributed by atoms with E-state index in [1.54, 1.807) is 9.58 Å². The van der Waals surface area contributed by atoms with Gasteiger partial charge in [0.15, 0.2) is 5.17 Å². The van der Waals surface area contributed by atoms with Gasteiger partial charge >= 0.3 is 0 Å². The molecule has 0 atom stereocenters. The van der Waals surface area contributed by atoms with Gasteiger partial charge in [-0.05, 0) is 31.2 Å². The number of rotatable bonds is 4. The molecule has 1 fully saturated rings. The fourth-order valence-corrected chi connectivity index (χ4v) is 5.26. The first-order valence-corrected chi connectivity index (χ1v) is 11.8. The number of benzene rings is 2. The SMILES string of the molecule is Cc1c(-c2csc(N=C3SCC(=O)N3c3ccccc3)n2)c(=O)n(-c2ccccc2)n1C. The van der Waals surface area contributed by atoms with E-state index in [2.05, 4.69) is 9.98 Å². The minimum absolute atomic E-state index is 0.0126. The normalized spacial score (nSPS) is 15.1. The largest absolute Gasteiger partial charge is 0.285 e. The van der Waals surface area contributed by atoms with Crippen molar-refractivity contribution in [1.29, 1.82) is 0 Å². The van der Waals surface area contributed by atoms with Crippen LogP contribution in [0.4, 0.5) is 10.8 Å². The summed E-state index contributed by atoms with van der Waals surface area (Å²) < 4.78 is 3.47. The van der Waals surface area contributed by atoms with Gasteiger partial charge in [-0.15, -0.1) is 11.3 Å². The van der Waals surface area contributed by atoms with Crippen LogP contribution in [0.3, 0.4) is 0 Å². The number of para-hydroxylation sites is 2. The highest BCUT2D eigenvalue weighted by atomic mass is 32.2. The molecule has 1 saturated heterocycles. The lowest BCUT2D eigenvalue weighted by molar-refractivity contribution is -0.115. The average molecular weight is 462 g/mol. The second kappa shape index (κ2) is 8.25. The van der Waals surface area contributed by atoms with Crippen LogP contribution in [0, 0.1) is 6.92 Å². The first-order valence-electron chi connectivity index (χ1n) is 9.94. The van der Waals surface area contributed by atoms with Crippen LogP contribution in [0.2, 0.25) is 0 Å².